The first-order valence-electron chi connectivity index (χ1n) is 11.4. The van der Waals surface area contributed by atoms with E-state index in [1.807, 2.05) is 53.4 Å². The van der Waals surface area contributed by atoms with Crippen molar-refractivity contribution in [3.05, 3.63) is 90.0 Å². The first-order chi connectivity index (χ1) is 16.6. The number of anilines is 1. The molecule has 0 bridgehead atoms. The van der Waals surface area contributed by atoms with Crippen LogP contribution in [0, 0.1) is 0 Å². The van der Waals surface area contributed by atoms with Gasteiger partial charge in [0.25, 0.3) is 11.8 Å². The topological polar surface area (TPSA) is 71.5 Å². The fourth-order valence-corrected chi connectivity index (χ4v) is 4.30. The Morgan fingerprint density at radius 2 is 1.68 bits per heavy atom. The number of amides is 2. The number of hydrogen-bond donors (Lipinski definition) is 1. The Balaban J connectivity index is 1.47. The van der Waals surface area contributed by atoms with Crippen LogP contribution in [0.2, 0.25) is 0 Å². The van der Waals surface area contributed by atoms with Gasteiger partial charge in [0.05, 0.1) is 23.9 Å². The van der Waals surface area contributed by atoms with Crippen LogP contribution in [0.4, 0.5) is 5.69 Å². The van der Waals surface area contributed by atoms with E-state index in [-0.39, 0.29) is 11.8 Å². The molecule has 0 aliphatic carbocycles. The van der Waals surface area contributed by atoms with E-state index in [2.05, 4.69) is 5.32 Å². The van der Waals surface area contributed by atoms with Gasteiger partial charge in [-0.1, -0.05) is 24.3 Å². The fourth-order valence-electron chi connectivity index (χ4n) is 4.30. The zero-order valence-corrected chi connectivity index (χ0v) is 19.0. The maximum absolute atomic E-state index is 13.4. The SMILES string of the molecule is COc1ccc(-c2cc(C(=O)Nc3cccc(C(=O)N4CCCC4)c3)c3ccccc3n2)cc1. The molecular formula is C28H25N3O3. The predicted octanol–water partition coefficient (Wildman–Crippen LogP) is 5.40. The lowest BCUT2D eigenvalue weighted by molar-refractivity contribution is 0.0792. The number of fused-ring (bicyclic) bond motifs is 1. The second-order valence-electron chi connectivity index (χ2n) is 8.33. The van der Waals surface area contributed by atoms with Crippen molar-refractivity contribution in [3.63, 3.8) is 0 Å². The van der Waals surface area contributed by atoms with Gasteiger partial charge in [0.1, 0.15) is 5.75 Å². The number of carbonyl (C=O) groups excluding carboxylic acids is 2. The van der Waals surface area contributed by atoms with Crippen LogP contribution in [0.15, 0.2) is 78.9 Å². The average molecular weight is 452 g/mol. The molecule has 3 aromatic carbocycles. The van der Waals surface area contributed by atoms with Crippen LogP contribution in [0.5, 0.6) is 5.75 Å². The summed E-state index contributed by atoms with van der Waals surface area (Å²) in [6, 6.07) is 24.1. The Kier molecular flexibility index (Phi) is 5.95. The van der Waals surface area contributed by atoms with Crippen molar-refractivity contribution < 1.29 is 14.3 Å². The highest BCUT2D eigenvalue weighted by atomic mass is 16.5. The van der Waals surface area contributed by atoms with E-state index in [0.717, 1.165) is 48.1 Å². The van der Waals surface area contributed by atoms with Crippen LogP contribution in [0.1, 0.15) is 33.6 Å². The van der Waals surface area contributed by atoms with Gasteiger partial charge in [-0.05, 0) is 67.4 Å². The summed E-state index contributed by atoms with van der Waals surface area (Å²) in [7, 11) is 1.62. The molecule has 1 N–H and O–H groups in total. The monoisotopic (exact) mass is 451 g/mol. The van der Waals surface area contributed by atoms with Crippen LogP contribution in [0.25, 0.3) is 22.2 Å². The molecule has 1 aliphatic rings. The van der Waals surface area contributed by atoms with Crippen LogP contribution < -0.4 is 10.1 Å². The normalized spacial score (nSPS) is 13.1. The largest absolute Gasteiger partial charge is 0.497 e. The van der Waals surface area contributed by atoms with Gasteiger partial charge in [-0.15, -0.1) is 0 Å². The summed E-state index contributed by atoms with van der Waals surface area (Å²) < 4.78 is 5.25. The number of ether oxygens (including phenoxy) is 1. The van der Waals surface area contributed by atoms with Gasteiger partial charge in [-0.3, -0.25) is 9.59 Å². The molecule has 5 rings (SSSR count). The molecule has 2 heterocycles. The van der Waals surface area contributed by atoms with Gasteiger partial charge >= 0.3 is 0 Å². The quantitative estimate of drug-likeness (QED) is 0.441. The molecule has 1 aliphatic heterocycles. The highest BCUT2D eigenvalue weighted by Crippen LogP contribution is 2.27. The number of pyridine rings is 1. The summed E-state index contributed by atoms with van der Waals surface area (Å²) >= 11 is 0. The average Bonchev–Trinajstić information content (AvgIpc) is 3.43. The van der Waals surface area contributed by atoms with Crippen LogP contribution in [-0.2, 0) is 0 Å². The third kappa shape index (κ3) is 4.35. The molecule has 0 radical (unpaired) electrons. The minimum Gasteiger partial charge on any atom is -0.497 e. The summed E-state index contributed by atoms with van der Waals surface area (Å²) in [5.74, 6) is 0.509. The number of carbonyl (C=O) groups is 2. The Hall–Kier alpha value is -4.19. The second-order valence-corrected chi connectivity index (χ2v) is 8.33. The molecule has 6 heteroatoms. The van der Waals surface area contributed by atoms with Gasteiger partial charge in [0.15, 0.2) is 0 Å². The van der Waals surface area contributed by atoms with Crippen LogP contribution >= 0.6 is 0 Å². The lowest BCUT2D eigenvalue weighted by atomic mass is 10.0. The summed E-state index contributed by atoms with van der Waals surface area (Å²) in [4.78, 5) is 32.8. The van der Waals surface area contributed by atoms with Gasteiger partial charge < -0.3 is 15.0 Å². The zero-order chi connectivity index (χ0) is 23.5. The molecule has 4 aromatic rings. The smallest absolute Gasteiger partial charge is 0.256 e. The van der Waals surface area contributed by atoms with Gasteiger partial charge in [-0.25, -0.2) is 4.98 Å². The van der Waals surface area contributed by atoms with E-state index in [4.69, 9.17) is 9.72 Å². The lowest BCUT2D eigenvalue weighted by Gasteiger charge is -2.16. The number of nitrogens with one attached hydrogen (secondary N) is 1. The zero-order valence-electron chi connectivity index (χ0n) is 19.0. The predicted molar refractivity (Wildman–Crippen MR) is 133 cm³/mol. The molecule has 2 amide bonds. The van der Waals surface area contributed by atoms with E-state index >= 15 is 0 Å². The van der Waals surface area contributed by atoms with E-state index in [9.17, 15) is 9.59 Å². The number of likely N-dealkylation sites (tertiary alicyclic amines) is 1. The number of rotatable bonds is 5. The van der Waals surface area contributed by atoms with E-state index < -0.39 is 0 Å². The third-order valence-electron chi connectivity index (χ3n) is 6.11. The number of hydrogen-bond acceptors (Lipinski definition) is 4. The molecule has 0 unspecified atom stereocenters. The number of para-hydroxylation sites is 1. The number of methoxy groups -OCH3 is 1. The molecule has 34 heavy (non-hydrogen) atoms. The maximum Gasteiger partial charge on any atom is 0.256 e. The van der Waals surface area contributed by atoms with E-state index in [1.54, 1.807) is 37.4 Å². The standard InChI is InChI=1S/C28H25N3O3/c1-34-22-13-11-19(12-14-22)26-18-24(23-9-2-3-10-25(23)30-26)27(32)29-21-8-6-7-20(17-21)28(33)31-15-4-5-16-31/h2-3,6-14,17-18H,4-5,15-16H2,1H3,(H,29,32). The Morgan fingerprint density at radius 3 is 2.44 bits per heavy atom. The minimum absolute atomic E-state index is 0.00440. The van der Waals surface area contributed by atoms with E-state index in [1.165, 1.54) is 0 Å². The van der Waals surface area contributed by atoms with Crippen molar-refractivity contribution in [1.82, 2.24) is 9.88 Å². The van der Waals surface area contributed by atoms with Crippen molar-refractivity contribution in [2.45, 2.75) is 12.8 Å². The summed E-state index contributed by atoms with van der Waals surface area (Å²) in [5, 5.41) is 3.74. The summed E-state index contributed by atoms with van der Waals surface area (Å²) in [5.41, 5.74) is 4.01. The molecule has 1 aromatic heterocycles. The highest BCUT2D eigenvalue weighted by molar-refractivity contribution is 6.13. The molecule has 6 nitrogen and oxygen atoms in total. The maximum atomic E-state index is 13.4. The molecule has 1 fully saturated rings. The van der Waals surface area contributed by atoms with Gasteiger partial charge in [-0.2, -0.15) is 0 Å². The number of aromatic nitrogens is 1. The van der Waals surface area contributed by atoms with Gasteiger partial charge in [0.2, 0.25) is 0 Å². The molecule has 1 saturated heterocycles. The minimum atomic E-state index is -0.251. The van der Waals surface area contributed by atoms with Crippen molar-refractivity contribution in [1.29, 1.82) is 0 Å². The van der Waals surface area contributed by atoms with Crippen LogP contribution in [0.3, 0.4) is 0 Å². The van der Waals surface area contributed by atoms with Crippen molar-refractivity contribution >= 4 is 28.4 Å². The second kappa shape index (κ2) is 9.35. The van der Waals surface area contributed by atoms with Crippen molar-refractivity contribution in [3.8, 4) is 17.0 Å². The molecule has 0 saturated carbocycles. The molecule has 0 spiro atoms. The Morgan fingerprint density at radius 1 is 0.912 bits per heavy atom. The van der Waals surface area contributed by atoms with Crippen LogP contribution in [-0.4, -0.2) is 41.9 Å². The Bertz CT molecular complexity index is 1360. The highest BCUT2D eigenvalue weighted by Gasteiger charge is 2.20. The van der Waals surface area contributed by atoms with Crippen molar-refractivity contribution in [2.24, 2.45) is 0 Å². The molecular weight excluding hydrogens is 426 g/mol. The van der Waals surface area contributed by atoms with Crippen molar-refractivity contribution in [2.75, 3.05) is 25.5 Å². The Labute approximate surface area is 198 Å². The summed E-state index contributed by atoms with van der Waals surface area (Å²) in [6.07, 6.45) is 2.07. The van der Waals surface area contributed by atoms with Gasteiger partial charge in [0, 0.05) is 35.3 Å². The number of nitrogens with zero attached hydrogens (tertiary/aromatic N) is 2. The lowest BCUT2D eigenvalue weighted by Crippen LogP contribution is -2.27. The first-order valence-corrected chi connectivity index (χ1v) is 11.4. The number of benzene rings is 3. The summed E-state index contributed by atoms with van der Waals surface area (Å²) in [6.45, 7) is 1.57. The van der Waals surface area contributed by atoms with E-state index in [0.29, 0.717) is 22.5 Å². The third-order valence-corrected chi connectivity index (χ3v) is 6.11. The fraction of sp³-hybridized carbons (Fsp3) is 0.179. The first kappa shape index (κ1) is 21.6. The molecule has 170 valence electrons. The molecule has 0 atom stereocenters.